The summed E-state index contributed by atoms with van der Waals surface area (Å²) in [4.78, 5) is 7.40. The smallest absolute Gasteiger partial charge is 0.119 e. The molecule has 0 amide bonds. The lowest BCUT2D eigenvalue weighted by molar-refractivity contribution is 0.960. The number of aromatic amines is 1. The van der Waals surface area contributed by atoms with Crippen LogP contribution in [0.3, 0.4) is 0 Å². The zero-order valence-electron chi connectivity index (χ0n) is 6.51. The van der Waals surface area contributed by atoms with Crippen LogP contribution >= 0.6 is 11.8 Å². The van der Waals surface area contributed by atoms with E-state index in [4.69, 9.17) is 0 Å². The topological polar surface area (TPSA) is 28.7 Å². The summed E-state index contributed by atoms with van der Waals surface area (Å²) >= 11 is 1.80. The van der Waals surface area contributed by atoms with Crippen LogP contribution in [0.4, 0.5) is 0 Å². The Kier molecular flexibility index (Phi) is 2.38. The maximum Gasteiger partial charge on any atom is 0.119 e. The van der Waals surface area contributed by atoms with Crippen molar-refractivity contribution in [1.29, 1.82) is 0 Å². The second-order valence-electron chi connectivity index (χ2n) is 2.33. The summed E-state index contributed by atoms with van der Waals surface area (Å²) in [5.41, 5.74) is 1.14. The number of nitrogens with zero attached hydrogens (tertiary/aromatic N) is 1. The van der Waals surface area contributed by atoms with E-state index < -0.39 is 0 Å². The van der Waals surface area contributed by atoms with E-state index in [0.29, 0.717) is 5.25 Å². The molecule has 3 heteroatoms. The van der Waals surface area contributed by atoms with Crippen LogP contribution in [0.2, 0.25) is 0 Å². The molecule has 0 fully saturated rings. The summed E-state index contributed by atoms with van der Waals surface area (Å²) in [7, 11) is 0. The van der Waals surface area contributed by atoms with Gasteiger partial charge in [-0.1, -0.05) is 0 Å². The van der Waals surface area contributed by atoms with Crippen molar-refractivity contribution in [2.24, 2.45) is 0 Å². The first-order chi connectivity index (χ1) is 4.74. The van der Waals surface area contributed by atoms with Gasteiger partial charge >= 0.3 is 0 Å². The van der Waals surface area contributed by atoms with Crippen molar-refractivity contribution in [3.05, 3.63) is 17.7 Å². The van der Waals surface area contributed by atoms with Gasteiger partial charge in [0.05, 0.1) is 5.25 Å². The van der Waals surface area contributed by atoms with Crippen LogP contribution in [0, 0.1) is 6.92 Å². The predicted octanol–water partition coefficient (Wildman–Crippen LogP) is 2.14. The molecule has 1 rings (SSSR count). The third-order valence-electron chi connectivity index (χ3n) is 1.46. The predicted molar refractivity (Wildman–Crippen MR) is 45.3 cm³/mol. The minimum absolute atomic E-state index is 0.480. The molecule has 1 aromatic rings. The lowest BCUT2D eigenvalue weighted by Gasteiger charge is -2.01. The van der Waals surface area contributed by atoms with E-state index >= 15 is 0 Å². The summed E-state index contributed by atoms with van der Waals surface area (Å²) < 4.78 is 0. The molecule has 0 radical (unpaired) electrons. The van der Waals surface area contributed by atoms with E-state index in [2.05, 4.69) is 23.1 Å². The van der Waals surface area contributed by atoms with E-state index in [1.54, 1.807) is 11.8 Å². The van der Waals surface area contributed by atoms with Crippen molar-refractivity contribution in [2.45, 2.75) is 19.1 Å². The largest absolute Gasteiger partial charge is 0.345 e. The molecule has 1 atom stereocenters. The van der Waals surface area contributed by atoms with Gasteiger partial charge < -0.3 is 4.98 Å². The molecule has 0 bridgehead atoms. The summed E-state index contributed by atoms with van der Waals surface area (Å²) in [6.45, 7) is 4.16. The van der Waals surface area contributed by atoms with Crippen molar-refractivity contribution in [3.8, 4) is 0 Å². The zero-order chi connectivity index (χ0) is 7.56. The first kappa shape index (κ1) is 7.66. The molecular formula is C7H12N2S. The highest BCUT2D eigenvalue weighted by Gasteiger charge is 2.05. The molecule has 1 N–H and O–H groups in total. The Morgan fingerprint density at radius 1 is 1.70 bits per heavy atom. The van der Waals surface area contributed by atoms with Gasteiger partial charge in [-0.05, 0) is 20.1 Å². The van der Waals surface area contributed by atoms with Crippen molar-refractivity contribution >= 4 is 11.8 Å². The summed E-state index contributed by atoms with van der Waals surface area (Å²) in [6, 6.07) is 0. The highest BCUT2D eigenvalue weighted by atomic mass is 32.2. The van der Waals surface area contributed by atoms with E-state index in [1.807, 2.05) is 13.1 Å². The number of aromatic nitrogens is 2. The monoisotopic (exact) mass is 156 g/mol. The molecule has 1 unspecified atom stereocenters. The van der Waals surface area contributed by atoms with Crippen molar-refractivity contribution in [3.63, 3.8) is 0 Å². The van der Waals surface area contributed by atoms with Crippen molar-refractivity contribution < 1.29 is 0 Å². The number of H-pyrrole nitrogens is 1. The van der Waals surface area contributed by atoms with Gasteiger partial charge in [-0.25, -0.2) is 4.98 Å². The standard InChI is InChI=1S/C7H12N2S/c1-5-4-8-7(9-5)6(2)10-3/h4,6H,1-3H3,(H,8,9). The fraction of sp³-hybridized carbons (Fsp3) is 0.571. The molecular weight excluding hydrogens is 144 g/mol. The van der Waals surface area contributed by atoms with Gasteiger partial charge in [-0.15, -0.1) is 0 Å². The van der Waals surface area contributed by atoms with Crippen LogP contribution in [-0.2, 0) is 0 Å². The number of aryl methyl sites for hydroxylation is 1. The van der Waals surface area contributed by atoms with E-state index in [1.165, 1.54) is 0 Å². The minimum atomic E-state index is 0.480. The summed E-state index contributed by atoms with van der Waals surface area (Å²) in [5.74, 6) is 1.07. The SMILES string of the molecule is CSC(C)c1ncc(C)[nH]1. The van der Waals surface area contributed by atoms with Gasteiger partial charge in [-0.3, -0.25) is 0 Å². The number of rotatable bonds is 2. The molecule has 10 heavy (non-hydrogen) atoms. The third kappa shape index (κ3) is 1.53. The number of hydrogen-bond donors (Lipinski definition) is 1. The highest BCUT2D eigenvalue weighted by molar-refractivity contribution is 7.98. The Morgan fingerprint density at radius 2 is 2.40 bits per heavy atom. The normalized spacial score (nSPS) is 13.5. The summed E-state index contributed by atoms with van der Waals surface area (Å²) in [6.07, 6.45) is 3.95. The van der Waals surface area contributed by atoms with Gasteiger partial charge in [0.25, 0.3) is 0 Å². The second kappa shape index (κ2) is 3.10. The molecule has 2 nitrogen and oxygen atoms in total. The molecule has 56 valence electrons. The average Bonchev–Trinajstić information content (AvgIpc) is 2.34. The molecule has 1 aromatic heterocycles. The molecule has 0 spiro atoms. The van der Waals surface area contributed by atoms with Gasteiger partial charge in [0.15, 0.2) is 0 Å². The first-order valence-electron chi connectivity index (χ1n) is 3.28. The molecule has 0 aliphatic carbocycles. The summed E-state index contributed by atoms with van der Waals surface area (Å²) in [5, 5.41) is 0.480. The van der Waals surface area contributed by atoms with Crippen molar-refractivity contribution in [2.75, 3.05) is 6.26 Å². The minimum Gasteiger partial charge on any atom is -0.345 e. The number of nitrogens with one attached hydrogen (secondary N) is 1. The number of imidazole rings is 1. The van der Waals surface area contributed by atoms with Crippen LogP contribution in [0.25, 0.3) is 0 Å². The highest BCUT2D eigenvalue weighted by Crippen LogP contribution is 2.21. The Hall–Kier alpha value is -0.440. The van der Waals surface area contributed by atoms with Crippen molar-refractivity contribution in [1.82, 2.24) is 9.97 Å². The molecule has 0 saturated carbocycles. The quantitative estimate of drug-likeness (QED) is 0.710. The Bertz CT molecular complexity index is 207. The molecule has 0 saturated heterocycles. The molecule has 0 aliphatic heterocycles. The van der Waals surface area contributed by atoms with Gasteiger partial charge in [0.1, 0.15) is 5.82 Å². The van der Waals surface area contributed by atoms with Gasteiger partial charge in [-0.2, -0.15) is 11.8 Å². The maximum absolute atomic E-state index is 4.21. The Labute approximate surface area is 65.4 Å². The van der Waals surface area contributed by atoms with E-state index in [-0.39, 0.29) is 0 Å². The van der Waals surface area contributed by atoms with Crippen LogP contribution < -0.4 is 0 Å². The number of thioether (sulfide) groups is 1. The molecule has 0 aromatic carbocycles. The third-order valence-corrected chi connectivity index (χ3v) is 2.39. The number of hydrogen-bond acceptors (Lipinski definition) is 2. The fourth-order valence-electron chi connectivity index (χ4n) is 0.751. The first-order valence-corrected chi connectivity index (χ1v) is 4.57. The van der Waals surface area contributed by atoms with Crippen LogP contribution in [0.15, 0.2) is 6.20 Å². The lowest BCUT2D eigenvalue weighted by atomic mass is 10.4. The van der Waals surface area contributed by atoms with Crippen LogP contribution in [0.1, 0.15) is 23.7 Å². The van der Waals surface area contributed by atoms with E-state index in [0.717, 1.165) is 11.5 Å². The second-order valence-corrected chi connectivity index (χ2v) is 3.51. The van der Waals surface area contributed by atoms with E-state index in [9.17, 15) is 0 Å². The fourth-order valence-corrected chi connectivity index (χ4v) is 1.09. The average molecular weight is 156 g/mol. The van der Waals surface area contributed by atoms with Crippen LogP contribution in [-0.4, -0.2) is 16.2 Å². The lowest BCUT2D eigenvalue weighted by Crippen LogP contribution is -1.89. The van der Waals surface area contributed by atoms with Crippen LogP contribution in [0.5, 0.6) is 0 Å². The van der Waals surface area contributed by atoms with Gasteiger partial charge in [0, 0.05) is 11.9 Å². The Morgan fingerprint density at radius 3 is 2.80 bits per heavy atom. The molecule has 1 heterocycles. The van der Waals surface area contributed by atoms with Gasteiger partial charge in [0.2, 0.25) is 0 Å². The zero-order valence-corrected chi connectivity index (χ0v) is 7.33. The maximum atomic E-state index is 4.21. The Balaban J connectivity index is 2.74. The molecule has 0 aliphatic rings.